The number of nitrogens with one attached hydrogen (secondary N) is 2. The molecule has 4 N–H and O–H groups in total. The molecule has 6 nitrogen and oxygen atoms in total. The SMILES string of the molecule is CCOCCCN=C(NN)Nc1cccc(OCC)c1. The van der Waals surface area contributed by atoms with E-state index >= 15 is 0 Å². The van der Waals surface area contributed by atoms with E-state index in [1.165, 1.54) is 0 Å². The molecule has 112 valence electrons. The lowest BCUT2D eigenvalue weighted by Gasteiger charge is -2.10. The van der Waals surface area contributed by atoms with Crippen molar-refractivity contribution in [2.45, 2.75) is 20.3 Å². The van der Waals surface area contributed by atoms with Gasteiger partial charge in [0.05, 0.1) is 6.61 Å². The summed E-state index contributed by atoms with van der Waals surface area (Å²) >= 11 is 0. The number of aliphatic imine (C=N–C) groups is 1. The molecule has 0 spiro atoms. The molecule has 6 heteroatoms. The normalized spacial score (nSPS) is 11.2. The van der Waals surface area contributed by atoms with Crippen LogP contribution in [0.15, 0.2) is 29.3 Å². The Bertz CT molecular complexity index is 410. The number of anilines is 1. The average Bonchev–Trinajstić information content (AvgIpc) is 2.46. The second-order valence-corrected chi connectivity index (χ2v) is 4.01. The Hall–Kier alpha value is -1.79. The Kier molecular flexibility index (Phi) is 8.17. The van der Waals surface area contributed by atoms with E-state index in [1.807, 2.05) is 38.1 Å². The topological polar surface area (TPSA) is 80.9 Å². The second-order valence-electron chi connectivity index (χ2n) is 4.01. The van der Waals surface area contributed by atoms with Gasteiger partial charge in [0.2, 0.25) is 5.96 Å². The molecule has 1 aromatic rings. The minimum Gasteiger partial charge on any atom is -0.494 e. The Morgan fingerprint density at radius 1 is 1.30 bits per heavy atom. The van der Waals surface area contributed by atoms with Crippen LogP contribution in [0.2, 0.25) is 0 Å². The number of nitrogens with zero attached hydrogens (tertiary/aromatic N) is 1. The minimum absolute atomic E-state index is 0.523. The summed E-state index contributed by atoms with van der Waals surface area (Å²) < 4.78 is 10.7. The van der Waals surface area contributed by atoms with Crippen LogP contribution >= 0.6 is 0 Å². The number of benzene rings is 1. The van der Waals surface area contributed by atoms with Gasteiger partial charge in [-0.1, -0.05) is 6.07 Å². The van der Waals surface area contributed by atoms with E-state index in [0.29, 0.717) is 25.7 Å². The van der Waals surface area contributed by atoms with Crippen LogP contribution in [0.4, 0.5) is 5.69 Å². The van der Waals surface area contributed by atoms with Crippen LogP contribution in [0.5, 0.6) is 5.75 Å². The summed E-state index contributed by atoms with van der Waals surface area (Å²) in [5, 5.41) is 3.11. The quantitative estimate of drug-likeness (QED) is 0.222. The molecule has 1 aromatic carbocycles. The van der Waals surface area contributed by atoms with Crippen molar-refractivity contribution in [1.29, 1.82) is 0 Å². The monoisotopic (exact) mass is 280 g/mol. The van der Waals surface area contributed by atoms with Crippen LogP contribution < -0.4 is 21.3 Å². The van der Waals surface area contributed by atoms with E-state index < -0.39 is 0 Å². The Morgan fingerprint density at radius 3 is 2.85 bits per heavy atom. The van der Waals surface area contributed by atoms with Crippen LogP contribution in [0.25, 0.3) is 0 Å². The van der Waals surface area contributed by atoms with Gasteiger partial charge in [0.25, 0.3) is 0 Å². The maximum absolute atomic E-state index is 5.45. The van der Waals surface area contributed by atoms with Crippen LogP contribution in [0.1, 0.15) is 20.3 Å². The summed E-state index contributed by atoms with van der Waals surface area (Å²) in [6.45, 7) is 6.65. The van der Waals surface area contributed by atoms with Gasteiger partial charge < -0.3 is 14.8 Å². The predicted octanol–water partition coefficient (Wildman–Crippen LogP) is 1.74. The highest BCUT2D eigenvalue weighted by Crippen LogP contribution is 2.16. The van der Waals surface area contributed by atoms with E-state index in [2.05, 4.69) is 15.7 Å². The Labute approximate surface area is 120 Å². The van der Waals surface area contributed by atoms with Crippen molar-refractivity contribution in [3.63, 3.8) is 0 Å². The largest absolute Gasteiger partial charge is 0.494 e. The van der Waals surface area contributed by atoms with E-state index in [1.54, 1.807) is 0 Å². The van der Waals surface area contributed by atoms with Gasteiger partial charge in [0.15, 0.2) is 0 Å². The number of hydrogen-bond acceptors (Lipinski definition) is 4. The van der Waals surface area contributed by atoms with Crippen molar-refractivity contribution in [1.82, 2.24) is 5.43 Å². The first-order chi connectivity index (χ1) is 9.80. The summed E-state index contributed by atoms with van der Waals surface area (Å²) in [6.07, 6.45) is 0.861. The zero-order valence-electron chi connectivity index (χ0n) is 12.2. The van der Waals surface area contributed by atoms with E-state index in [0.717, 1.165) is 24.5 Å². The third-order valence-electron chi connectivity index (χ3n) is 2.47. The highest BCUT2D eigenvalue weighted by molar-refractivity contribution is 5.93. The molecule has 0 heterocycles. The zero-order valence-corrected chi connectivity index (χ0v) is 12.2. The fourth-order valence-corrected chi connectivity index (χ4v) is 1.59. The summed E-state index contributed by atoms with van der Waals surface area (Å²) in [5.74, 6) is 6.79. The van der Waals surface area contributed by atoms with Gasteiger partial charge in [-0.3, -0.25) is 10.4 Å². The summed E-state index contributed by atoms with van der Waals surface area (Å²) in [4.78, 5) is 4.33. The molecule has 0 aromatic heterocycles. The van der Waals surface area contributed by atoms with Crippen molar-refractivity contribution in [3.8, 4) is 5.75 Å². The molecular weight excluding hydrogens is 256 g/mol. The number of hydrazine groups is 1. The smallest absolute Gasteiger partial charge is 0.210 e. The summed E-state index contributed by atoms with van der Waals surface area (Å²) in [5.41, 5.74) is 3.42. The van der Waals surface area contributed by atoms with Crippen LogP contribution in [0.3, 0.4) is 0 Å². The van der Waals surface area contributed by atoms with Gasteiger partial charge in [-0.2, -0.15) is 0 Å². The third kappa shape index (κ3) is 6.40. The van der Waals surface area contributed by atoms with Gasteiger partial charge in [-0.15, -0.1) is 0 Å². The van der Waals surface area contributed by atoms with Crippen molar-refractivity contribution in [2.24, 2.45) is 10.8 Å². The van der Waals surface area contributed by atoms with E-state index in [9.17, 15) is 0 Å². The first-order valence-electron chi connectivity index (χ1n) is 6.88. The molecular formula is C14H24N4O2. The maximum atomic E-state index is 5.45. The molecule has 0 aliphatic rings. The van der Waals surface area contributed by atoms with Gasteiger partial charge in [-0.05, 0) is 32.4 Å². The molecule has 0 fully saturated rings. The van der Waals surface area contributed by atoms with Crippen LogP contribution in [-0.2, 0) is 4.74 Å². The fourth-order valence-electron chi connectivity index (χ4n) is 1.59. The van der Waals surface area contributed by atoms with Crippen molar-refractivity contribution in [3.05, 3.63) is 24.3 Å². The van der Waals surface area contributed by atoms with Crippen LogP contribution in [0, 0.1) is 0 Å². The molecule has 0 amide bonds. The minimum atomic E-state index is 0.523. The summed E-state index contributed by atoms with van der Waals surface area (Å²) in [7, 11) is 0. The van der Waals surface area contributed by atoms with Gasteiger partial charge >= 0.3 is 0 Å². The standard InChI is InChI=1S/C14H24N4O2/c1-3-19-10-6-9-16-14(18-15)17-12-7-5-8-13(11-12)20-4-2/h5,7-8,11H,3-4,6,9-10,15H2,1-2H3,(H2,16,17,18). The predicted molar refractivity (Wildman–Crippen MR) is 82.0 cm³/mol. The highest BCUT2D eigenvalue weighted by atomic mass is 16.5. The molecule has 0 aliphatic carbocycles. The lowest BCUT2D eigenvalue weighted by atomic mass is 10.3. The molecule has 0 bridgehead atoms. The van der Waals surface area contributed by atoms with Gasteiger partial charge in [0, 0.05) is 31.5 Å². The number of rotatable bonds is 8. The number of hydrogen-bond donors (Lipinski definition) is 3. The zero-order chi connectivity index (χ0) is 14.6. The molecule has 20 heavy (non-hydrogen) atoms. The number of guanidine groups is 1. The Morgan fingerprint density at radius 2 is 2.15 bits per heavy atom. The molecule has 0 atom stereocenters. The van der Waals surface area contributed by atoms with E-state index in [4.69, 9.17) is 15.3 Å². The lowest BCUT2D eigenvalue weighted by Crippen LogP contribution is -2.36. The van der Waals surface area contributed by atoms with Gasteiger partial charge in [0.1, 0.15) is 5.75 Å². The second kappa shape index (κ2) is 10.1. The molecule has 0 saturated carbocycles. The maximum Gasteiger partial charge on any atom is 0.210 e. The molecule has 1 rings (SSSR count). The molecule has 0 aliphatic heterocycles. The number of ether oxygens (including phenoxy) is 2. The highest BCUT2D eigenvalue weighted by Gasteiger charge is 2.00. The third-order valence-corrected chi connectivity index (χ3v) is 2.47. The van der Waals surface area contributed by atoms with E-state index in [-0.39, 0.29) is 0 Å². The van der Waals surface area contributed by atoms with Gasteiger partial charge in [-0.25, -0.2) is 5.84 Å². The van der Waals surface area contributed by atoms with Crippen LogP contribution in [-0.4, -0.2) is 32.3 Å². The first-order valence-corrected chi connectivity index (χ1v) is 6.88. The van der Waals surface area contributed by atoms with Crippen molar-refractivity contribution < 1.29 is 9.47 Å². The number of nitrogens with two attached hydrogens (primary N) is 1. The first kappa shape index (κ1) is 16.3. The molecule has 0 saturated heterocycles. The van der Waals surface area contributed by atoms with Crippen molar-refractivity contribution >= 4 is 11.6 Å². The molecule has 0 radical (unpaired) electrons. The Balaban J connectivity index is 2.50. The molecule has 0 unspecified atom stereocenters. The van der Waals surface area contributed by atoms with Crippen molar-refractivity contribution in [2.75, 3.05) is 31.7 Å². The average molecular weight is 280 g/mol. The lowest BCUT2D eigenvalue weighted by molar-refractivity contribution is 0.146. The summed E-state index contributed by atoms with van der Waals surface area (Å²) in [6, 6.07) is 7.64. The fraction of sp³-hybridized carbons (Fsp3) is 0.500.